The van der Waals surface area contributed by atoms with E-state index >= 15 is 0 Å². The molecule has 1 amide bonds. The van der Waals surface area contributed by atoms with Crippen LogP contribution in [0.5, 0.6) is 0 Å². The Kier molecular flexibility index (Phi) is 17.4. The Morgan fingerprint density at radius 1 is 0.646 bits per heavy atom. The number of hydrogen-bond donors (Lipinski definition) is 1. The van der Waals surface area contributed by atoms with Gasteiger partial charge < -0.3 is 5.32 Å². The van der Waals surface area contributed by atoms with Crippen molar-refractivity contribution < 1.29 is 44.7 Å². The minimum atomic E-state index is -1.66. The quantitative estimate of drug-likeness (QED) is 0.0846. The maximum Gasteiger partial charge on any atom is 0.246 e. The van der Waals surface area contributed by atoms with E-state index in [0.29, 0.717) is 17.0 Å². The lowest BCUT2D eigenvalue weighted by atomic mass is 10.1. The van der Waals surface area contributed by atoms with Crippen molar-refractivity contribution in [2.75, 3.05) is 22.0 Å². The van der Waals surface area contributed by atoms with Crippen molar-refractivity contribution in [1.82, 2.24) is 0 Å². The molecule has 4 nitrogen and oxygen atoms in total. The molecule has 4 rings (SSSR count). The summed E-state index contributed by atoms with van der Waals surface area (Å²) in [5, 5.41) is 1.84. The molecule has 1 N–H and O–H groups in total. The Morgan fingerprint density at radius 2 is 1.02 bits per heavy atom. The summed E-state index contributed by atoms with van der Waals surface area (Å²) in [7, 11) is 0. The van der Waals surface area contributed by atoms with Gasteiger partial charge in [0.1, 0.15) is 17.3 Å². The van der Waals surface area contributed by atoms with Gasteiger partial charge in [-0.1, -0.05) is 45.5 Å². The second-order valence-electron chi connectivity index (χ2n) is 9.21. The molecule has 0 aliphatic heterocycles. The lowest BCUT2D eigenvalue weighted by Gasteiger charge is -2.23. The maximum atomic E-state index is 14.0. The van der Waals surface area contributed by atoms with Gasteiger partial charge in [0.05, 0.1) is 5.88 Å². The van der Waals surface area contributed by atoms with Gasteiger partial charge in [0.25, 0.3) is 0 Å². The summed E-state index contributed by atoms with van der Waals surface area (Å²) in [6.07, 6.45) is 1.53. The molecule has 4 aromatic carbocycles. The average molecular weight is 744 g/mol. The normalized spacial score (nSPS) is 10.1. The maximum absolute atomic E-state index is 14.0. The van der Waals surface area contributed by atoms with Crippen LogP contribution in [-0.2, 0) is 22.4 Å². The summed E-state index contributed by atoms with van der Waals surface area (Å²) >= 11 is 15.0. The van der Waals surface area contributed by atoms with Gasteiger partial charge in [0, 0.05) is 23.5 Å². The van der Waals surface area contributed by atoms with Gasteiger partial charge in [-0.15, -0.1) is 23.2 Å². The molecule has 0 unspecified atom stereocenters. The molecule has 260 valence electrons. The topological polar surface area (TPSA) is 49.4 Å². The molecule has 0 fully saturated rings. The first-order valence-electron chi connectivity index (χ1n) is 13.4. The van der Waals surface area contributed by atoms with E-state index in [-0.39, 0.29) is 31.1 Å². The Morgan fingerprint density at radius 3 is 1.38 bits per heavy atom. The van der Waals surface area contributed by atoms with Crippen molar-refractivity contribution in [3.05, 3.63) is 118 Å². The van der Waals surface area contributed by atoms with Crippen LogP contribution >= 0.6 is 34.8 Å². The third-order valence-corrected chi connectivity index (χ3v) is 6.87. The number of anilines is 4. The second kappa shape index (κ2) is 19.8. The number of amides is 1. The number of halogens is 11. The zero-order valence-electron chi connectivity index (χ0n) is 24.5. The van der Waals surface area contributed by atoms with Gasteiger partial charge in [-0.05, 0) is 59.8 Å². The number of alkyl halides is 2. The number of rotatable bonds is 8. The molecule has 0 atom stereocenters. The highest BCUT2D eigenvalue weighted by atomic mass is 35.5. The van der Waals surface area contributed by atoms with Crippen LogP contribution in [0.3, 0.4) is 0 Å². The number of carbonyl (C=O) groups excluding carboxylic acids is 2. The first-order chi connectivity index (χ1) is 22.2. The van der Waals surface area contributed by atoms with Crippen LogP contribution in [0.2, 0.25) is 0 Å². The number of aryl methyl sites for hydroxylation is 2. The molecule has 0 spiro atoms. The zero-order chi connectivity index (χ0) is 35.4. The predicted molar refractivity (Wildman–Crippen MR) is 174 cm³/mol. The molecule has 0 aliphatic carbocycles. The number of hydrogen-bond acceptors (Lipinski definition) is 3. The van der Waals surface area contributed by atoms with Gasteiger partial charge in [0.2, 0.25) is 11.1 Å². The van der Waals surface area contributed by atoms with Crippen molar-refractivity contribution in [1.29, 1.82) is 0 Å². The minimum absolute atomic E-state index is 0. The summed E-state index contributed by atoms with van der Waals surface area (Å²) in [6, 6.07) is 13.1. The van der Waals surface area contributed by atoms with E-state index < -0.39 is 74.9 Å². The molecule has 0 heterocycles. The molecule has 0 saturated heterocycles. The highest BCUT2D eigenvalue weighted by Gasteiger charge is 2.29. The van der Waals surface area contributed by atoms with Gasteiger partial charge in [-0.2, -0.15) is 0 Å². The van der Waals surface area contributed by atoms with E-state index in [4.69, 9.17) is 34.8 Å². The monoisotopic (exact) mass is 742 g/mol. The van der Waals surface area contributed by atoms with Crippen molar-refractivity contribution >= 4 is 68.7 Å². The molecule has 0 aromatic heterocycles. The Balaban J connectivity index is 0.000000418. The third kappa shape index (κ3) is 11.1. The Hall–Kier alpha value is -3.87. The second-order valence-corrected chi connectivity index (χ2v) is 10.2. The predicted octanol–water partition coefficient (Wildman–Crippen LogP) is 10.9. The Labute approximate surface area is 287 Å². The van der Waals surface area contributed by atoms with Crippen LogP contribution in [0.15, 0.2) is 60.7 Å². The van der Waals surface area contributed by atoms with Crippen LogP contribution in [0, 0.1) is 46.5 Å². The summed E-state index contributed by atoms with van der Waals surface area (Å²) in [6.45, 7) is 3.86. The highest BCUT2D eigenvalue weighted by Crippen LogP contribution is 2.34. The lowest BCUT2D eigenvalue weighted by Crippen LogP contribution is -2.29. The van der Waals surface area contributed by atoms with E-state index in [0.717, 1.165) is 17.5 Å². The van der Waals surface area contributed by atoms with Gasteiger partial charge in [-0.3, -0.25) is 14.5 Å². The van der Waals surface area contributed by atoms with Crippen molar-refractivity contribution in [2.45, 2.75) is 34.1 Å². The van der Waals surface area contributed by atoms with Crippen LogP contribution in [0.4, 0.5) is 57.9 Å². The fourth-order valence-corrected chi connectivity index (χ4v) is 3.87. The zero-order valence-corrected chi connectivity index (χ0v) is 26.8. The summed E-state index contributed by atoms with van der Waals surface area (Å²) in [5.74, 6) is -13.9. The van der Waals surface area contributed by atoms with E-state index in [1.165, 1.54) is 12.1 Å². The van der Waals surface area contributed by atoms with E-state index in [1.54, 1.807) is 36.4 Å². The van der Waals surface area contributed by atoms with Crippen molar-refractivity contribution in [3.63, 3.8) is 0 Å². The largest absolute Gasteiger partial charge is 0.351 e. The minimum Gasteiger partial charge on any atom is -0.351 e. The van der Waals surface area contributed by atoms with Gasteiger partial charge in [-0.25, -0.2) is 35.1 Å². The third-order valence-electron chi connectivity index (χ3n) is 6.13. The molecule has 48 heavy (non-hydrogen) atoms. The molecule has 0 bridgehead atoms. The molecular formula is C33H29Cl3F8N2O2. The first kappa shape index (κ1) is 42.2. The fraction of sp³-hybridized carbons (Fsp3) is 0.212. The van der Waals surface area contributed by atoms with Gasteiger partial charge >= 0.3 is 0 Å². The first-order valence-corrected chi connectivity index (χ1v) is 14.9. The van der Waals surface area contributed by atoms with Gasteiger partial charge in [0.15, 0.2) is 46.5 Å². The fourth-order valence-electron chi connectivity index (χ4n) is 3.75. The van der Waals surface area contributed by atoms with Crippen LogP contribution in [-0.4, -0.2) is 22.9 Å². The molecule has 4 aromatic rings. The van der Waals surface area contributed by atoms with E-state index in [9.17, 15) is 44.7 Å². The average Bonchev–Trinajstić information content (AvgIpc) is 3.07. The number of benzene rings is 4. The molecular weight excluding hydrogens is 715 g/mol. The van der Waals surface area contributed by atoms with Crippen LogP contribution < -0.4 is 10.2 Å². The van der Waals surface area contributed by atoms with Crippen molar-refractivity contribution in [3.8, 4) is 0 Å². The number of carbonyl (C=O) groups is 2. The van der Waals surface area contributed by atoms with Crippen LogP contribution in [0.1, 0.15) is 32.4 Å². The smallest absolute Gasteiger partial charge is 0.246 e. The summed E-state index contributed by atoms with van der Waals surface area (Å²) in [5.41, 5.74) is 0.394. The summed E-state index contributed by atoms with van der Waals surface area (Å²) in [4.78, 5) is 22.0. The highest BCUT2D eigenvalue weighted by molar-refractivity contribution is 6.67. The SMILES string of the molecule is C.CCc1ccc(N(C(=O)CCl)c2c(F)c(F)cc(F)c2F)cc1.CCc1ccc(Nc2c(F)c(F)cc(F)c2F)cc1.O=C(Cl)CCl. The van der Waals surface area contributed by atoms with E-state index in [1.807, 2.05) is 13.8 Å². The molecule has 0 aliphatic rings. The molecule has 0 radical (unpaired) electrons. The Bertz CT molecular complexity index is 1640. The van der Waals surface area contributed by atoms with Crippen LogP contribution in [0.25, 0.3) is 0 Å². The number of nitrogens with one attached hydrogen (secondary N) is 1. The molecule has 0 saturated carbocycles. The number of nitrogens with zero attached hydrogens (tertiary/aromatic N) is 1. The molecule has 15 heteroatoms. The standard InChI is InChI=1S/C16H12ClF4NO.C14H11F4N.C2H2Cl2O.CH4/c1-2-9-3-5-10(6-4-9)22(13(23)8-17)16-14(20)11(18)7-12(19)15(16)21;1-2-8-3-5-9(6-4-8)19-14-12(17)10(15)7-11(16)13(14)18;3-1-2(4)5;/h3-7H,2,8H2,1H3;3-7,19H,2H2,1H3;1H2;1H4. The lowest BCUT2D eigenvalue weighted by molar-refractivity contribution is -0.115. The summed E-state index contributed by atoms with van der Waals surface area (Å²) < 4.78 is 108. The van der Waals surface area contributed by atoms with Crippen molar-refractivity contribution in [2.24, 2.45) is 0 Å². The van der Waals surface area contributed by atoms with E-state index in [2.05, 4.69) is 5.32 Å².